The molecule has 2 amide bonds. The highest BCUT2D eigenvalue weighted by molar-refractivity contribution is 7.12. The van der Waals surface area contributed by atoms with Crippen LogP contribution in [-0.2, 0) is 4.79 Å². The smallest absolute Gasteiger partial charge is 0.263 e. The molecule has 1 aromatic rings. The number of aliphatic hydroxyl groups excluding tert-OH is 1. The lowest BCUT2D eigenvalue weighted by atomic mass is 10.00. The van der Waals surface area contributed by atoms with E-state index in [4.69, 9.17) is 10.8 Å². The van der Waals surface area contributed by atoms with Crippen LogP contribution < -0.4 is 11.1 Å². The van der Waals surface area contributed by atoms with Crippen LogP contribution in [0.2, 0.25) is 0 Å². The lowest BCUT2D eigenvalue weighted by molar-refractivity contribution is -0.119. The minimum atomic E-state index is -0.714. The minimum absolute atomic E-state index is 0.0573. The SMILES string of the molecule is CC(C)(CC(N)=O)NC(=O)c1sccc1C#CCO. The fourth-order valence-electron chi connectivity index (χ4n) is 1.56. The van der Waals surface area contributed by atoms with E-state index in [-0.39, 0.29) is 18.9 Å². The Labute approximate surface area is 115 Å². The van der Waals surface area contributed by atoms with Crippen molar-refractivity contribution < 1.29 is 14.7 Å². The van der Waals surface area contributed by atoms with E-state index in [0.717, 1.165) is 0 Å². The van der Waals surface area contributed by atoms with Crippen molar-refractivity contribution in [1.82, 2.24) is 5.32 Å². The van der Waals surface area contributed by atoms with Crippen LogP contribution in [0.5, 0.6) is 0 Å². The number of amides is 2. The largest absolute Gasteiger partial charge is 0.384 e. The standard InChI is InChI=1S/C13H16N2O3S/c1-13(2,8-10(14)17)15-12(18)11-9(4-3-6-16)5-7-19-11/h5,7,16H,6,8H2,1-2H3,(H2,14,17)(H,15,18). The normalized spacial score (nSPS) is 10.5. The Morgan fingerprint density at radius 2 is 2.21 bits per heavy atom. The average molecular weight is 280 g/mol. The summed E-state index contributed by atoms with van der Waals surface area (Å²) in [4.78, 5) is 23.5. The predicted molar refractivity (Wildman–Crippen MR) is 73.6 cm³/mol. The van der Waals surface area contributed by atoms with Crippen LogP contribution >= 0.6 is 11.3 Å². The topological polar surface area (TPSA) is 92.4 Å². The number of hydrogen-bond donors (Lipinski definition) is 3. The molecule has 0 bridgehead atoms. The fourth-order valence-corrected chi connectivity index (χ4v) is 2.31. The molecular weight excluding hydrogens is 264 g/mol. The van der Waals surface area contributed by atoms with E-state index in [9.17, 15) is 9.59 Å². The summed E-state index contributed by atoms with van der Waals surface area (Å²) in [6, 6.07) is 1.71. The average Bonchev–Trinajstić information content (AvgIpc) is 2.71. The monoisotopic (exact) mass is 280 g/mol. The maximum atomic E-state index is 12.1. The summed E-state index contributed by atoms with van der Waals surface area (Å²) in [7, 11) is 0. The molecule has 1 aromatic heterocycles. The zero-order valence-electron chi connectivity index (χ0n) is 10.8. The first-order valence-corrected chi connectivity index (χ1v) is 6.52. The van der Waals surface area contributed by atoms with Crippen LogP contribution in [0.4, 0.5) is 0 Å². The summed E-state index contributed by atoms with van der Waals surface area (Å²) in [5.41, 5.74) is 4.98. The van der Waals surface area contributed by atoms with Gasteiger partial charge in [0, 0.05) is 17.5 Å². The van der Waals surface area contributed by atoms with Crippen LogP contribution in [0.25, 0.3) is 0 Å². The van der Waals surface area contributed by atoms with Crippen molar-refractivity contribution in [3.05, 3.63) is 21.9 Å². The Kier molecular flexibility index (Phi) is 5.10. The van der Waals surface area contributed by atoms with Crippen LogP contribution in [-0.4, -0.2) is 29.1 Å². The molecule has 19 heavy (non-hydrogen) atoms. The third-order valence-corrected chi connectivity index (χ3v) is 3.15. The fraction of sp³-hybridized carbons (Fsp3) is 0.385. The molecule has 0 saturated heterocycles. The predicted octanol–water partition coefficient (Wildman–Crippen LogP) is 0.476. The molecule has 0 spiro atoms. The van der Waals surface area contributed by atoms with Gasteiger partial charge in [-0.05, 0) is 25.3 Å². The number of rotatable bonds is 4. The molecule has 6 heteroatoms. The number of primary amides is 1. The number of thiophene rings is 1. The third-order valence-electron chi connectivity index (χ3n) is 2.24. The second-order valence-electron chi connectivity index (χ2n) is 4.60. The molecule has 0 atom stereocenters. The number of nitrogens with one attached hydrogen (secondary N) is 1. The van der Waals surface area contributed by atoms with Crippen LogP contribution in [0.3, 0.4) is 0 Å². The first kappa shape index (κ1) is 15.2. The molecule has 0 aromatic carbocycles. The molecule has 0 fully saturated rings. The van der Waals surface area contributed by atoms with Gasteiger partial charge < -0.3 is 16.2 Å². The van der Waals surface area contributed by atoms with Crippen molar-refractivity contribution in [2.24, 2.45) is 5.73 Å². The summed E-state index contributed by atoms with van der Waals surface area (Å²) in [6.45, 7) is 3.19. The molecule has 0 unspecified atom stereocenters. The summed E-state index contributed by atoms with van der Waals surface area (Å²) in [5, 5.41) is 13.2. The number of aliphatic hydroxyl groups is 1. The number of nitrogens with two attached hydrogens (primary N) is 1. The van der Waals surface area contributed by atoms with Crippen LogP contribution in [0, 0.1) is 11.8 Å². The second kappa shape index (κ2) is 6.36. The molecular formula is C13H16N2O3S. The summed E-state index contributed by atoms with van der Waals surface area (Å²) >= 11 is 1.26. The highest BCUT2D eigenvalue weighted by atomic mass is 32.1. The Hall–Kier alpha value is -1.84. The van der Waals surface area contributed by atoms with Gasteiger partial charge in [-0.3, -0.25) is 9.59 Å². The van der Waals surface area contributed by atoms with E-state index in [0.29, 0.717) is 10.4 Å². The molecule has 0 radical (unpaired) electrons. The van der Waals surface area contributed by atoms with E-state index in [2.05, 4.69) is 17.2 Å². The molecule has 5 nitrogen and oxygen atoms in total. The van der Waals surface area contributed by atoms with Crippen molar-refractivity contribution in [2.45, 2.75) is 25.8 Å². The Morgan fingerprint density at radius 1 is 1.53 bits per heavy atom. The van der Waals surface area contributed by atoms with Crippen molar-refractivity contribution in [3.8, 4) is 11.8 Å². The van der Waals surface area contributed by atoms with Gasteiger partial charge in [-0.2, -0.15) is 0 Å². The summed E-state index contributed by atoms with van der Waals surface area (Å²) in [5.74, 6) is 4.43. The molecule has 1 heterocycles. The quantitative estimate of drug-likeness (QED) is 0.700. The summed E-state index contributed by atoms with van der Waals surface area (Å²) in [6.07, 6.45) is 0.0573. The number of carbonyl (C=O) groups excluding carboxylic acids is 2. The molecule has 0 aliphatic carbocycles. The maximum Gasteiger partial charge on any atom is 0.263 e. The van der Waals surface area contributed by atoms with E-state index in [1.165, 1.54) is 11.3 Å². The second-order valence-corrected chi connectivity index (χ2v) is 5.52. The molecule has 0 aliphatic rings. The first-order valence-electron chi connectivity index (χ1n) is 5.64. The van der Waals surface area contributed by atoms with E-state index >= 15 is 0 Å². The van der Waals surface area contributed by atoms with Crippen molar-refractivity contribution in [3.63, 3.8) is 0 Å². The van der Waals surface area contributed by atoms with Crippen LogP contribution in [0.1, 0.15) is 35.5 Å². The van der Waals surface area contributed by atoms with Gasteiger partial charge in [-0.15, -0.1) is 11.3 Å². The van der Waals surface area contributed by atoms with Gasteiger partial charge in [-0.25, -0.2) is 0 Å². The van der Waals surface area contributed by atoms with Crippen molar-refractivity contribution >= 4 is 23.2 Å². The Morgan fingerprint density at radius 3 is 2.79 bits per heavy atom. The molecule has 4 N–H and O–H groups in total. The van der Waals surface area contributed by atoms with Crippen LogP contribution in [0.15, 0.2) is 11.4 Å². The lowest BCUT2D eigenvalue weighted by Crippen LogP contribution is -2.46. The Balaban J connectivity index is 2.84. The number of hydrogen-bond acceptors (Lipinski definition) is 4. The minimum Gasteiger partial charge on any atom is -0.384 e. The van der Waals surface area contributed by atoms with E-state index < -0.39 is 11.4 Å². The van der Waals surface area contributed by atoms with Crippen molar-refractivity contribution in [1.29, 1.82) is 0 Å². The zero-order chi connectivity index (χ0) is 14.5. The molecule has 102 valence electrons. The molecule has 0 saturated carbocycles. The summed E-state index contributed by atoms with van der Waals surface area (Å²) < 4.78 is 0. The third kappa shape index (κ3) is 4.73. The van der Waals surface area contributed by atoms with Crippen molar-refractivity contribution in [2.75, 3.05) is 6.61 Å². The highest BCUT2D eigenvalue weighted by Gasteiger charge is 2.24. The number of carbonyl (C=O) groups is 2. The van der Waals surface area contributed by atoms with E-state index in [1.54, 1.807) is 25.3 Å². The van der Waals surface area contributed by atoms with E-state index in [1.807, 2.05) is 0 Å². The Bertz CT molecular complexity index is 538. The van der Waals surface area contributed by atoms with Gasteiger partial charge in [0.15, 0.2) is 0 Å². The zero-order valence-corrected chi connectivity index (χ0v) is 11.6. The van der Waals surface area contributed by atoms with Gasteiger partial charge in [0.1, 0.15) is 11.5 Å². The van der Waals surface area contributed by atoms with Gasteiger partial charge >= 0.3 is 0 Å². The highest BCUT2D eigenvalue weighted by Crippen LogP contribution is 2.18. The molecule has 1 rings (SSSR count). The molecule has 0 aliphatic heterocycles. The van der Waals surface area contributed by atoms with Gasteiger partial charge in [0.2, 0.25) is 5.91 Å². The maximum absolute atomic E-state index is 12.1. The van der Waals surface area contributed by atoms with Gasteiger partial charge in [-0.1, -0.05) is 11.8 Å². The first-order chi connectivity index (χ1) is 8.85. The lowest BCUT2D eigenvalue weighted by Gasteiger charge is -2.24. The van der Waals surface area contributed by atoms with Gasteiger partial charge in [0.05, 0.1) is 0 Å². The van der Waals surface area contributed by atoms with Gasteiger partial charge in [0.25, 0.3) is 5.91 Å².